The molecule has 0 spiro atoms. The predicted molar refractivity (Wildman–Crippen MR) is 67.1 cm³/mol. The van der Waals surface area contributed by atoms with E-state index >= 15 is 0 Å². The van der Waals surface area contributed by atoms with Gasteiger partial charge in [0.05, 0.1) is 19.3 Å². The minimum absolute atomic E-state index is 0.0331. The van der Waals surface area contributed by atoms with Crippen LogP contribution in [0.4, 0.5) is 4.39 Å². The number of nitrogens with one attached hydrogen (secondary N) is 1. The van der Waals surface area contributed by atoms with Crippen molar-refractivity contribution in [1.29, 1.82) is 0 Å². The summed E-state index contributed by atoms with van der Waals surface area (Å²) < 4.78 is 19.3. The van der Waals surface area contributed by atoms with Crippen LogP contribution in [-0.4, -0.2) is 19.8 Å². The van der Waals surface area contributed by atoms with E-state index in [1.165, 1.54) is 6.07 Å². The molecule has 0 bridgehead atoms. The molecule has 1 atom stereocenters. The van der Waals surface area contributed by atoms with Crippen molar-refractivity contribution in [2.75, 3.05) is 19.8 Å². The molecular weight excluding hydrogens is 241 g/mol. The van der Waals surface area contributed by atoms with E-state index in [4.69, 9.17) is 16.3 Å². The summed E-state index contributed by atoms with van der Waals surface area (Å²) in [4.78, 5) is 0. The first-order valence-electron chi connectivity index (χ1n) is 5.93. The number of hydrogen-bond acceptors (Lipinski definition) is 2. The van der Waals surface area contributed by atoms with Gasteiger partial charge in [0.15, 0.2) is 0 Å². The van der Waals surface area contributed by atoms with Crippen molar-refractivity contribution in [2.24, 2.45) is 0 Å². The summed E-state index contributed by atoms with van der Waals surface area (Å²) in [5.74, 6) is -0.237. The van der Waals surface area contributed by atoms with Gasteiger partial charge >= 0.3 is 0 Å². The van der Waals surface area contributed by atoms with Crippen molar-refractivity contribution in [3.63, 3.8) is 0 Å². The van der Waals surface area contributed by atoms with Crippen LogP contribution in [0, 0.1) is 12.7 Å². The number of fused-ring (bicyclic) bond motifs is 1. The van der Waals surface area contributed by atoms with E-state index in [9.17, 15) is 4.39 Å². The van der Waals surface area contributed by atoms with Crippen molar-refractivity contribution >= 4 is 11.6 Å². The molecular formula is C13H17ClFNO. The monoisotopic (exact) mass is 257 g/mol. The molecule has 1 aliphatic rings. The third-order valence-corrected chi connectivity index (χ3v) is 3.55. The molecule has 1 unspecified atom stereocenters. The van der Waals surface area contributed by atoms with Gasteiger partial charge in [-0.25, -0.2) is 4.39 Å². The van der Waals surface area contributed by atoms with Gasteiger partial charge in [-0.3, -0.25) is 0 Å². The van der Waals surface area contributed by atoms with Crippen molar-refractivity contribution in [2.45, 2.75) is 26.3 Å². The Balaban J connectivity index is 2.54. The zero-order chi connectivity index (χ0) is 12.4. The highest BCUT2D eigenvalue weighted by Crippen LogP contribution is 2.32. The molecule has 0 aromatic heterocycles. The van der Waals surface area contributed by atoms with Crippen molar-refractivity contribution < 1.29 is 9.13 Å². The Labute approximate surface area is 106 Å². The van der Waals surface area contributed by atoms with E-state index < -0.39 is 0 Å². The van der Waals surface area contributed by atoms with Crippen LogP contribution in [-0.2, 0) is 11.2 Å². The number of ether oxygens (including phenoxy) is 1. The lowest BCUT2D eigenvalue weighted by atomic mass is 9.94. The minimum Gasteiger partial charge on any atom is -0.379 e. The second kappa shape index (κ2) is 5.34. The van der Waals surface area contributed by atoms with Crippen molar-refractivity contribution in [3.8, 4) is 0 Å². The lowest BCUT2D eigenvalue weighted by Crippen LogP contribution is -2.26. The smallest absolute Gasteiger partial charge is 0.127 e. The molecule has 1 aliphatic heterocycles. The van der Waals surface area contributed by atoms with E-state index in [1.54, 1.807) is 6.92 Å². The number of rotatable bonds is 2. The van der Waals surface area contributed by atoms with Crippen LogP contribution < -0.4 is 5.32 Å². The quantitative estimate of drug-likeness (QED) is 0.879. The topological polar surface area (TPSA) is 21.3 Å². The standard InChI is InChI=1S/C13H17ClFNO/c1-3-16-12-7-17-5-4-9-10(14)6-11(15)8(2)13(9)12/h6,12,16H,3-5,7H2,1-2H3. The van der Waals surface area contributed by atoms with Crippen LogP contribution >= 0.6 is 11.6 Å². The van der Waals surface area contributed by atoms with Gasteiger partial charge in [0.1, 0.15) is 5.82 Å². The first kappa shape index (κ1) is 12.8. The third-order valence-electron chi connectivity index (χ3n) is 3.21. The molecule has 1 aromatic rings. The van der Waals surface area contributed by atoms with Gasteiger partial charge in [0.2, 0.25) is 0 Å². The molecule has 94 valence electrons. The molecule has 0 saturated heterocycles. The van der Waals surface area contributed by atoms with Gasteiger partial charge in [-0.2, -0.15) is 0 Å². The van der Waals surface area contributed by atoms with E-state index in [0.717, 1.165) is 24.1 Å². The van der Waals surface area contributed by atoms with Crippen LogP contribution in [0.25, 0.3) is 0 Å². The molecule has 0 fully saturated rings. The summed E-state index contributed by atoms with van der Waals surface area (Å²) in [6.07, 6.45) is 0.747. The van der Waals surface area contributed by atoms with Gasteiger partial charge in [-0.15, -0.1) is 0 Å². The van der Waals surface area contributed by atoms with E-state index in [-0.39, 0.29) is 11.9 Å². The predicted octanol–water partition coefficient (Wildman–Crippen LogP) is 3.01. The van der Waals surface area contributed by atoms with Gasteiger partial charge in [0, 0.05) is 5.02 Å². The van der Waals surface area contributed by atoms with E-state index in [0.29, 0.717) is 23.8 Å². The highest BCUT2D eigenvalue weighted by molar-refractivity contribution is 6.31. The van der Waals surface area contributed by atoms with Gasteiger partial charge in [0.25, 0.3) is 0 Å². The molecule has 1 aromatic carbocycles. The second-order valence-electron chi connectivity index (χ2n) is 4.29. The van der Waals surface area contributed by atoms with Gasteiger partial charge in [-0.1, -0.05) is 18.5 Å². The zero-order valence-corrected chi connectivity index (χ0v) is 10.9. The van der Waals surface area contributed by atoms with Gasteiger partial charge in [-0.05, 0) is 42.6 Å². The Morgan fingerprint density at radius 3 is 3.06 bits per heavy atom. The Morgan fingerprint density at radius 2 is 2.35 bits per heavy atom. The summed E-state index contributed by atoms with van der Waals surface area (Å²) in [6.45, 7) is 5.86. The molecule has 0 saturated carbocycles. The molecule has 2 nitrogen and oxygen atoms in total. The maximum atomic E-state index is 13.8. The minimum atomic E-state index is -0.237. The first-order valence-corrected chi connectivity index (χ1v) is 6.31. The third kappa shape index (κ3) is 2.46. The van der Waals surface area contributed by atoms with Crippen LogP contribution in [0.3, 0.4) is 0 Å². The average Bonchev–Trinajstić information content (AvgIpc) is 2.50. The second-order valence-corrected chi connectivity index (χ2v) is 4.70. The van der Waals surface area contributed by atoms with Crippen molar-refractivity contribution in [3.05, 3.63) is 33.6 Å². The Kier molecular flexibility index (Phi) is 4.02. The van der Waals surface area contributed by atoms with Crippen LogP contribution in [0.5, 0.6) is 0 Å². The molecule has 0 radical (unpaired) electrons. The maximum absolute atomic E-state index is 13.8. The molecule has 17 heavy (non-hydrogen) atoms. The van der Waals surface area contributed by atoms with Crippen LogP contribution in [0.2, 0.25) is 5.02 Å². The van der Waals surface area contributed by atoms with Crippen molar-refractivity contribution in [1.82, 2.24) is 5.32 Å². The summed E-state index contributed by atoms with van der Waals surface area (Å²) in [5, 5.41) is 3.84. The SMILES string of the molecule is CCNC1COCCc2c(Cl)cc(F)c(C)c21. The summed E-state index contributed by atoms with van der Waals surface area (Å²) in [5.41, 5.74) is 2.68. The van der Waals surface area contributed by atoms with E-state index in [1.807, 2.05) is 6.92 Å². The highest BCUT2D eigenvalue weighted by Gasteiger charge is 2.24. The Hall–Kier alpha value is -0.640. The Morgan fingerprint density at radius 1 is 1.59 bits per heavy atom. The van der Waals surface area contributed by atoms with Crippen LogP contribution in [0.1, 0.15) is 29.7 Å². The highest BCUT2D eigenvalue weighted by atomic mass is 35.5. The average molecular weight is 258 g/mol. The molecule has 1 heterocycles. The van der Waals surface area contributed by atoms with E-state index in [2.05, 4.69) is 5.32 Å². The van der Waals surface area contributed by atoms with Crippen LogP contribution in [0.15, 0.2) is 6.07 Å². The number of hydrogen-bond donors (Lipinski definition) is 1. The number of likely N-dealkylation sites (N-methyl/N-ethyl adjacent to an activating group) is 1. The first-order chi connectivity index (χ1) is 8.15. The fourth-order valence-electron chi connectivity index (χ4n) is 2.38. The summed E-state index contributed by atoms with van der Waals surface area (Å²) in [6, 6.07) is 1.44. The number of benzene rings is 1. The zero-order valence-electron chi connectivity index (χ0n) is 10.1. The molecule has 1 N–H and O–H groups in total. The molecule has 4 heteroatoms. The lowest BCUT2D eigenvalue weighted by Gasteiger charge is -2.21. The number of halogens is 2. The summed E-state index contributed by atoms with van der Waals surface area (Å²) >= 11 is 6.13. The largest absolute Gasteiger partial charge is 0.379 e. The summed E-state index contributed by atoms with van der Waals surface area (Å²) in [7, 11) is 0. The fourth-order valence-corrected chi connectivity index (χ4v) is 2.67. The normalized spacial score (nSPS) is 19.9. The fraction of sp³-hybridized carbons (Fsp3) is 0.538. The Bertz CT molecular complexity index is 422. The molecule has 0 amide bonds. The lowest BCUT2D eigenvalue weighted by molar-refractivity contribution is 0.122. The van der Waals surface area contributed by atoms with Gasteiger partial charge < -0.3 is 10.1 Å². The molecule has 0 aliphatic carbocycles. The molecule has 2 rings (SSSR count). The maximum Gasteiger partial charge on any atom is 0.127 e.